The molecule has 0 fully saturated rings. The third-order valence-electron chi connectivity index (χ3n) is 2.51. The molecule has 0 saturated heterocycles. The Bertz CT molecular complexity index is 516. The first-order chi connectivity index (χ1) is 9.72. The smallest absolute Gasteiger partial charge is 0.417 e. The van der Waals surface area contributed by atoms with E-state index in [0.717, 1.165) is 7.11 Å². The quantitative estimate of drug-likeness (QED) is 0.619. The van der Waals surface area contributed by atoms with Crippen LogP contribution in [0.2, 0.25) is 0 Å². The highest BCUT2D eigenvalue weighted by Gasteiger charge is 2.40. The Morgan fingerprint density at radius 2 is 2.00 bits per heavy atom. The van der Waals surface area contributed by atoms with Crippen LogP contribution in [0.5, 0.6) is 5.88 Å². The van der Waals surface area contributed by atoms with Crippen molar-refractivity contribution in [2.45, 2.75) is 25.9 Å². The second-order valence-corrected chi connectivity index (χ2v) is 3.86. The Labute approximate surface area is 116 Å². The summed E-state index contributed by atoms with van der Waals surface area (Å²) in [6.07, 6.45) is -8.94. The molecule has 0 N–H and O–H groups in total. The molecule has 1 rings (SSSR count). The molecule has 0 unspecified atom stereocenters. The summed E-state index contributed by atoms with van der Waals surface area (Å²) in [6.45, 7) is 1.41. The fourth-order valence-electron chi connectivity index (χ4n) is 1.75. The molecule has 0 aromatic carbocycles. The normalized spacial score (nSPS) is 11.6. The second-order valence-electron chi connectivity index (χ2n) is 3.86. The van der Waals surface area contributed by atoms with Crippen LogP contribution in [0.4, 0.5) is 22.0 Å². The first kappa shape index (κ1) is 17.1. The first-order valence-corrected chi connectivity index (χ1v) is 5.79. The zero-order valence-electron chi connectivity index (χ0n) is 11.1. The van der Waals surface area contributed by atoms with Crippen molar-refractivity contribution >= 4 is 5.97 Å². The zero-order valence-corrected chi connectivity index (χ0v) is 11.1. The molecule has 0 aliphatic carbocycles. The SMILES string of the molecule is CCOC(=O)Cc1c(OC)ncc(C(F)F)c1C(F)(F)F. The number of aromatic nitrogens is 1. The van der Waals surface area contributed by atoms with Crippen LogP contribution in [-0.2, 0) is 22.1 Å². The molecule has 21 heavy (non-hydrogen) atoms. The summed E-state index contributed by atoms with van der Waals surface area (Å²) in [5, 5.41) is 0. The number of nitrogens with zero attached hydrogens (tertiary/aromatic N) is 1. The van der Waals surface area contributed by atoms with Crippen molar-refractivity contribution in [2.75, 3.05) is 13.7 Å². The largest absolute Gasteiger partial charge is 0.481 e. The average Bonchev–Trinajstić information content (AvgIpc) is 2.36. The lowest BCUT2D eigenvalue weighted by atomic mass is 10.0. The van der Waals surface area contributed by atoms with E-state index >= 15 is 0 Å². The molecule has 1 aromatic heterocycles. The average molecular weight is 313 g/mol. The van der Waals surface area contributed by atoms with Crippen molar-refractivity contribution in [3.63, 3.8) is 0 Å². The van der Waals surface area contributed by atoms with Crippen LogP contribution in [-0.4, -0.2) is 24.7 Å². The predicted molar refractivity (Wildman–Crippen MR) is 61.1 cm³/mol. The third kappa shape index (κ3) is 4.02. The van der Waals surface area contributed by atoms with Crippen LogP contribution in [0.3, 0.4) is 0 Å². The second kappa shape index (κ2) is 6.68. The number of esters is 1. The summed E-state index contributed by atoms with van der Waals surface area (Å²) in [5.74, 6) is -1.53. The molecule has 9 heteroatoms. The van der Waals surface area contributed by atoms with Crippen LogP contribution in [0.25, 0.3) is 0 Å². The minimum absolute atomic E-state index is 0.0511. The van der Waals surface area contributed by atoms with Gasteiger partial charge in [0.1, 0.15) is 0 Å². The lowest BCUT2D eigenvalue weighted by Crippen LogP contribution is -2.19. The minimum atomic E-state index is -5.08. The molecule has 0 atom stereocenters. The van der Waals surface area contributed by atoms with Crippen molar-refractivity contribution < 1.29 is 36.2 Å². The molecule has 0 saturated carbocycles. The Morgan fingerprint density at radius 3 is 2.43 bits per heavy atom. The first-order valence-electron chi connectivity index (χ1n) is 5.79. The molecule has 0 spiro atoms. The van der Waals surface area contributed by atoms with Gasteiger partial charge in [0, 0.05) is 17.3 Å². The fourth-order valence-corrected chi connectivity index (χ4v) is 1.75. The van der Waals surface area contributed by atoms with Gasteiger partial charge in [0.2, 0.25) is 5.88 Å². The maximum absolute atomic E-state index is 13.1. The van der Waals surface area contributed by atoms with Gasteiger partial charge in [-0.1, -0.05) is 0 Å². The van der Waals surface area contributed by atoms with E-state index in [4.69, 9.17) is 0 Å². The number of halogens is 5. The van der Waals surface area contributed by atoms with E-state index in [2.05, 4.69) is 14.5 Å². The number of hydrogen-bond donors (Lipinski definition) is 0. The van der Waals surface area contributed by atoms with Gasteiger partial charge in [-0.15, -0.1) is 0 Å². The van der Waals surface area contributed by atoms with Crippen molar-refractivity contribution in [1.82, 2.24) is 4.98 Å². The van der Waals surface area contributed by atoms with Gasteiger partial charge in [0.25, 0.3) is 6.43 Å². The molecular formula is C12H12F5NO3. The van der Waals surface area contributed by atoms with E-state index in [-0.39, 0.29) is 6.61 Å². The van der Waals surface area contributed by atoms with Crippen molar-refractivity contribution in [3.05, 3.63) is 22.9 Å². The Morgan fingerprint density at radius 1 is 1.38 bits per heavy atom. The van der Waals surface area contributed by atoms with Crippen molar-refractivity contribution in [3.8, 4) is 5.88 Å². The van der Waals surface area contributed by atoms with Gasteiger partial charge in [-0.05, 0) is 6.92 Å². The minimum Gasteiger partial charge on any atom is -0.481 e. The van der Waals surface area contributed by atoms with E-state index < -0.39 is 47.6 Å². The number of alkyl halides is 5. The summed E-state index contributed by atoms with van der Waals surface area (Å²) >= 11 is 0. The number of pyridine rings is 1. The van der Waals surface area contributed by atoms with Crippen LogP contribution < -0.4 is 4.74 Å². The number of hydrogen-bond acceptors (Lipinski definition) is 4. The monoisotopic (exact) mass is 313 g/mol. The molecule has 0 radical (unpaired) electrons. The number of ether oxygens (including phenoxy) is 2. The van der Waals surface area contributed by atoms with Gasteiger partial charge >= 0.3 is 12.1 Å². The van der Waals surface area contributed by atoms with Crippen LogP contribution in [0, 0.1) is 0 Å². The fraction of sp³-hybridized carbons (Fsp3) is 0.500. The lowest BCUT2D eigenvalue weighted by molar-refractivity contribution is -0.144. The van der Waals surface area contributed by atoms with Crippen molar-refractivity contribution in [2.24, 2.45) is 0 Å². The molecule has 0 aliphatic heterocycles. The summed E-state index contributed by atoms with van der Waals surface area (Å²) < 4.78 is 73.9. The van der Waals surface area contributed by atoms with E-state index in [1.54, 1.807) is 0 Å². The molecule has 1 heterocycles. The Balaban J connectivity index is 3.48. The van der Waals surface area contributed by atoms with Gasteiger partial charge in [0.15, 0.2) is 0 Å². The molecule has 4 nitrogen and oxygen atoms in total. The number of carbonyl (C=O) groups is 1. The van der Waals surface area contributed by atoms with E-state index in [1.807, 2.05) is 0 Å². The zero-order chi connectivity index (χ0) is 16.2. The van der Waals surface area contributed by atoms with Gasteiger partial charge < -0.3 is 9.47 Å². The lowest BCUT2D eigenvalue weighted by Gasteiger charge is -2.18. The third-order valence-corrected chi connectivity index (χ3v) is 2.51. The molecule has 118 valence electrons. The van der Waals surface area contributed by atoms with Crippen molar-refractivity contribution in [1.29, 1.82) is 0 Å². The number of carbonyl (C=O) groups excluding carboxylic acids is 1. The Kier molecular flexibility index (Phi) is 5.45. The maximum Gasteiger partial charge on any atom is 0.417 e. The summed E-state index contributed by atoms with van der Waals surface area (Å²) in [7, 11) is 1.03. The number of methoxy groups -OCH3 is 1. The standard InChI is InChI=1S/C12H12F5NO3/c1-3-21-8(19)4-6-9(12(15,16)17)7(10(13)14)5-18-11(6)20-2/h5,10H,3-4H2,1-2H3. The molecule has 0 aliphatic rings. The molecule has 0 bridgehead atoms. The van der Waals surface area contributed by atoms with E-state index in [0.29, 0.717) is 6.20 Å². The Hall–Kier alpha value is -1.93. The van der Waals surface area contributed by atoms with E-state index in [9.17, 15) is 26.7 Å². The molecule has 1 aromatic rings. The van der Waals surface area contributed by atoms with E-state index in [1.165, 1.54) is 6.92 Å². The summed E-state index contributed by atoms with van der Waals surface area (Å²) in [5.41, 5.74) is -3.68. The van der Waals surface area contributed by atoms with Gasteiger partial charge in [-0.3, -0.25) is 4.79 Å². The van der Waals surface area contributed by atoms with Crippen LogP contribution >= 0.6 is 0 Å². The highest BCUT2D eigenvalue weighted by Crippen LogP contribution is 2.41. The van der Waals surface area contributed by atoms with Crippen LogP contribution in [0.15, 0.2) is 6.20 Å². The topological polar surface area (TPSA) is 48.4 Å². The highest BCUT2D eigenvalue weighted by molar-refractivity contribution is 5.74. The highest BCUT2D eigenvalue weighted by atomic mass is 19.4. The van der Waals surface area contributed by atoms with Gasteiger partial charge in [-0.2, -0.15) is 13.2 Å². The summed E-state index contributed by atoms with van der Waals surface area (Å²) in [6, 6.07) is 0. The summed E-state index contributed by atoms with van der Waals surface area (Å²) in [4.78, 5) is 14.8. The molecular weight excluding hydrogens is 301 g/mol. The number of rotatable bonds is 5. The van der Waals surface area contributed by atoms with Crippen LogP contribution in [0.1, 0.15) is 30.0 Å². The van der Waals surface area contributed by atoms with Gasteiger partial charge in [0.05, 0.1) is 25.7 Å². The van der Waals surface area contributed by atoms with Gasteiger partial charge in [-0.25, -0.2) is 13.8 Å². The maximum atomic E-state index is 13.1. The molecule has 0 amide bonds. The predicted octanol–water partition coefficient (Wildman–Crippen LogP) is 3.15.